The van der Waals surface area contributed by atoms with Crippen LogP contribution in [0.25, 0.3) is 5.69 Å². The summed E-state index contributed by atoms with van der Waals surface area (Å²) in [4.78, 5) is 15.3. The number of aryl methyl sites for hydroxylation is 2. The van der Waals surface area contributed by atoms with Crippen LogP contribution in [-0.2, 0) is 26.2 Å². The smallest absolute Gasteiger partial charge is 0.410 e. The molecule has 1 saturated carbocycles. The zero-order chi connectivity index (χ0) is 27.4. The molecular formula is C30H35FN4O4. The lowest BCUT2D eigenvalue weighted by molar-refractivity contribution is -0.187. The first-order valence-corrected chi connectivity index (χ1v) is 13.6. The first-order valence-electron chi connectivity index (χ1n) is 13.6. The van der Waals surface area contributed by atoms with Gasteiger partial charge in [0, 0.05) is 30.4 Å². The number of nitrogens with zero attached hydrogens (tertiary/aromatic N) is 3. The van der Waals surface area contributed by atoms with E-state index in [2.05, 4.69) is 0 Å². The molecule has 1 atom stereocenters. The molecule has 3 aromatic rings. The highest BCUT2D eigenvalue weighted by Crippen LogP contribution is 2.52. The number of carbonyl (C=O) groups is 1. The zero-order valence-electron chi connectivity index (χ0n) is 22.7. The van der Waals surface area contributed by atoms with E-state index in [9.17, 15) is 9.18 Å². The van der Waals surface area contributed by atoms with Gasteiger partial charge in [-0.1, -0.05) is 30.3 Å². The average molecular weight is 535 g/mol. The van der Waals surface area contributed by atoms with Gasteiger partial charge in [-0.3, -0.25) is 0 Å². The maximum atomic E-state index is 14.4. The number of fused-ring (bicyclic) bond motifs is 2. The van der Waals surface area contributed by atoms with Crippen LogP contribution in [0.15, 0.2) is 42.5 Å². The van der Waals surface area contributed by atoms with Crippen LogP contribution in [0, 0.1) is 19.7 Å². The van der Waals surface area contributed by atoms with E-state index in [4.69, 9.17) is 25.0 Å². The highest BCUT2D eigenvalue weighted by Gasteiger charge is 2.54. The van der Waals surface area contributed by atoms with E-state index in [1.165, 1.54) is 0 Å². The molecule has 2 N–H and O–H groups in total. The van der Waals surface area contributed by atoms with Gasteiger partial charge in [0.1, 0.15) is 18.2 Å². The average Bonchev–Trinajstić information content (AvgIpc) is 3.55. The number of aromatic nitrogens is 2. The van der Waals surface area contributed by atoms with E-state index in [1.54, 1.807) is 35.6 Å². The van der Waals surface area contributed by atoms with Crippen LogP contribution in [0.2, 0.25) is 0 Å². The molecule has 1 aromatic heterocycles. The first-order chi connectivity index (χ1) is 18.7. The number of nitrogen functional groups attached to an aromatic ring is 1. The number of amides is 1. The molecule has 2 aromatic carbocycles. The van der Waals surface area contributed by atoms with Crippen LogP contribution in [0.5, 0.6) is 0 Å². The number of halogens is 1. The van der Waals surface area contributed by atoms with Crippen molar-refractivity contribution in [3.05, 3.63) is 76.2 Å². The predicted octanol–water partition coefficient (Wildman–Crippen LogP) is 5.48. The molecule has 1 aliphatic carbocycles. The summed E-state index contributed by atoms with van der Waals surface area (Å²) < 4.78 is 33.9. The fraction of sp³-hybridized carbons (Fsp3) is 0.467. The van der Waals surface area contributed by atoms with Crippen molar-refractivity contribution < 1.29 is 23.4 Å². The van der Waals surface area contributed by atoms with Gasteiger partial charge in [-0.15, -0.1) is 0 Å². The summed E-state index contributed by atoms with van der Waals surface area (Å²) in [5, 5.41) is 5.07. The van der Waals surface area contributed by atoms with E-state index in [-0.39, 0.29) is 24.6 Å². The summed E-state index contributed by atoms with van der Waals surface area (Å²) in [6.07, 6.45) is 2.48. The Morgan fingerprint density at radius 3 is 2.38 bits per heavy atom. The quantitative estimate of drug-likeness (QED) is 0.479. The first kappa shape index (κ1) is 25.8. The van der Waals surface area contributed by atoms with Crippen molar-refractivity contribution >= 4 is 11.9 Å². The monoisotopic (exact) mass is 534 g/mol. The Balaban J connectivity index is 1.38. The van der Waals surface area contributed by atoms with Crippen molar-refractivity contribution in [2.75, 3.05) is 25.5 Å². The van der Waals surface area contributed by atoms with E-state index in [0.717, 1.165) is 29.7 Å². The van der Waals surface area contributed by atoms with Gasteiger partial charge in [-0.25, -0.2) is 13.9 Å². The topological polar surface area (TPSA) is 91.8 Å². The summed E-state index contributed by atoms with van der Waals surface area (Å²) in [5.74, 6) is -0.344. The van der Waals surface area contributed by atoms with Crippen molar-refractivity contribution in [3.8, 4) is 5.69 Å². The van der Waals surface area contributed by atoms with Crippen LogP contribution in [0.1, 0.15) is 66.6 Å². The number of hydrogen-bond donors (Lipinski definition) is 1. The van der Waals surface area contributed by atoms with Gasteiger partial charge < -0.3 is 24.8 Å². The van der Waals surface area contributed by atoms with Crippen LogP contribution in [0.3, 0.4) is 0 Å². The lowest BCUT2D eigenvalue weighted by atomic mass is 9.66. The number of hydrogen-bond acceptors (Lipinski definition) is 6. The predicted molar refractivity (Wildman–Crippen MR) is 144 cm³/mol. The molecule has 2 fully saturated rings. The molecule has 1 saturated heterocycles. The van der Waals surface area contributed by atoms with E-state index in [1.807, 2.05) is 37.3 Å². The van der Waals surface area contributed by atoms with Crippen LogP contribution >= 0.6 is 0 Å². The highest BCUT2D eigenvalue weighted by atomic mass is 19.1. The molecule has 1 amide bonds. The van der Waals surface area contributed by atoms with Crippen LogP contribution in [-0.4, -0.2) is 46.3 Å². The van der Waals surface area contributed by atoms with Gasteiger partial charge in [0.15, 0.2) is 5.79 Å². The lowest BCUT2D eigenvalue weighted by Crippen LogP contribution is -2.53. The Morgan fingerprint density at radius 1 is 1.10 bits per heavy atom. The van der Waals surface area contributed by atoms with Gasteiger partial charge in [0.25, 0.3) is 0 Å². The van der Waals surface area contributed by atoms with Gasteiger partial charge in [-0.2, -0.15) is 5.10 Å². The lowest BCUT2D eigenvalue weighted by Gasteiger charge is -2.49. The van der Waals surface area contributed by atoms with Gasteiger partial charge >= 0.3 is 6.09 Å². The molecule has 0 radical (unpaired) electrons. The van der Waals surface area contributed by atoms with E-state index < -0.39 is 11.2 Å². The molecule has 0 unspecified atom stereocenters. The molecule has 39 heavy (non-hydrogen) atoms. The van der Waals surface area contributed by atoms with Crippen LogP contribution < -0.4 is 5.73 Å². The normalized spacial score (nSPS) is 21.3. The summed E-state index contributed by atoms with van der Waals surface area (Å²) in [6, 6.07) is 12.8. The summed E-state index contributed by atoms with van der Waals surface area (Å²) in [6.45, 7) is 7.28. The second kappa shape index (κ2) is 9.64. The Labute approximate surface area is 227 Å². The summed E-state index contributed by atoms with van der Waals surface area (Å²) in [7, 11) is 0. The third-order valence-electron chi connectivity index (χ3n) is 8.71. The summed E-state index contributed by atoms with van der Waals surface area (Å²) in [5.41, 5.74) is 10.8. The zero-order valence-corrected chi connectivity index (χ0v) is 22.7. The molecule has 206 valence electrons. The minimum atomic E-state index is -0.563. The van der Waals surface area contributed by atoms with Gasteiger partial charge in [-0.05, 0) is 62.4 Å². The molecule has 6 rings (SSSR count). The molecule has 3 aliphatic rings. The SMILES string of the molecule is Cc1cc(-n2nc3c(c2N)[C@H](C)N(C(=O)OCc2ccccc2)CC32CCC3(CC2)OCCO3)cc(C)c1F. The van der Waals surface area contributed by atoms with Crippen molar-refractivity contribution in [2.45, 2.75) is 70.3 Å². The van der Waals surface area contributed by atoms with Crippen molar-refractivity contribution in [1.82, 2.24) is 14.7 Å². The number of benzene rings is 2. The molecule has 3 heterocycles. The second-order valence-corrected chi connectivity index (χ2v) is 11.2. The maximum absolute atomic E-state index is 14.4. The number of anilines is 1. The number of rotatable bonds is 3. The van der Waals surface area contributed by atoms with Crippen LogP contribution in [0.4, 0.5) is 15.0 Å². The Kier molecular flexibility index (Phi) is 6.38. The maximum Gasteiger partial charge on any atom is 0.410 e. The summed E-state index contributed by atoms with van der Waals surface area (Å²) >= 11 is 0. The Hall–Kier alpha value is -3.43. The fourth-order valence-corrected chi connectivity index (χ4v) is 6.50. The minimum Gasteiger partial charge on any atom is -0.445 e. The third-order valence-corrected chi connectivity index (χ3v) is 8.71. The minimum absolute atomic E-state index is 0.191. The second-order valence-electron chi connectivity index (χ2n) is 11.2. The fourth-order valence-electron chi connectivity index (χ4n) is 6.50. The third kappa shape index (κ3) is 4.37. The number of nitrogens with two attached hydrogens (primary N) is 1. The van der Waals surface area contributed by atoms with E-state index in [0.29, 0.717) is 55.2 Å². The van der Waals surface area contributed by atoms with Crippen molar-refractivity contribution in [2.24, 2.45) is 0 Å². The van der Waals surface area contributed by atoms with Gasteiger partial charge in [0.2, 0.25) is 0 Å². The van der Waals surface area contributed by atoms with Crippen molar-refractivity contribution in [1.29, 1.82) is 0 Å². The van der Waals surface area contributed by atoms with Crippen molar-refractivity contribution in [3.63, 3.8) is 0 Å². The number of carbonyl (C=O) groups excluding carboxylic acids is 1. The molecule has 8 nitrogen and oxygen atoms in total. The van der Waals surface area contributed by atoms with E-state index >= 15 is 0 Å². The number of ether oxygens (including phenoxy) is 3. The molecule has 0 bridgehead atoms. The molecule has 2 spiro atoms. The standard InChI is InChI=1S/C30H35FN4O4/c1-19-15-23(16-20(2)25(19)31)35-27(32)24-21(3)34(28(36)37-17-22-7-5-4-6-8-22)18-29(26(24)33-35)9-11-30(12-10-29)38-13-14-39-30/h4-8,15-16,21H,9-14,17-18,32H2,1-3H3/t21-/m0/s1. The Morgan fingerprint density at radius 2 is 1.74 bits per heavy atom. The molecule has 9 heteroatoms. The Bertz CT molecular complexity index is 1370. The largest absolute Gasteiger partial charge is 0.445 e. The highest BCUT2D eigenvalue weighted by molar-refractivity contribution is 5.71. The van der Waals surface area contributed by atoms with Gasteiger partial charge in [0.05, 0.1) is 30.6 Å². The molecular weight excluding hydrogens is 499 g/mol. The molecule has 2 aliphatic heterocycles.